The van der Waals surface area contributed by atoms with Crippen LogP contribution in [0, 0.1) is 6.92 Å². The van der Waals surface area contributed by atoms with Gasteiger partial charge in [-0.25, -0.2) is 9.78 Å². The summed E-state index contributed by atoms with van der Waals surface area (Å²) in [7, 11) is 0. The Morgan fingerprint density at radius 3 is 2.87 bits per heavy atom. The number of nitrogens with two attached hydrogens (primary N) is 1. The summed E-state index contributed by atoms with van der Waals surface area (Å²) in [6.07, 6.45) is 0. The molecular weight excluding hydrogens is 192 g/mol. The van der Waals surface area contributed by atoms with Crippen LogP contribution in [0.3, 0.4) is 0 Å². The minimum atomic E-state index is -1.10. The number of aryl methyl sites for hydroxylation is 1. The minimum Gasteiger partial charge on any atom is -0.476 e. The topological polar surface area (TPSA) is 76.2 Å². The molecule has 0 spiro atoms. The second-order valence-electron chi connectivity index (χ2n) is 3.38. The van der Waals surface area contributed by atoms with Gasteiger partial charge in [-0.2, -0.15) is 0 Å². The lowest BCUT2D eigenvalue weighted by Gasteiger charge is -2.05. The molecule has 0 bridgehead atoms. The van der Waals surface area contributed by atoms with Gasteiger partial charge in [-0.3, -0.25) is 0 Å². The van der Waals surface area contributed by atoms with Gasteiger partial charge in [0.2, 0.25) is 0 Å². The van der Waals surface area contributed by atoms with Crippen molar-refractivity contribution < 1.29 is 9.90 Å². The van der Waals surface area contributed by atoms with Crippen molar-refractivity contribution in [2.75, 3.05) is 5.73 Å². The highest BCUT2D eigenvalue weighted by Crippen LogP contribution is 2.21. The highest BCUT2D eigenvalue weighted by atomic mass is 16.4. The Hall–Kier alpha value is -2.10. The van der Waals surface area contributed by atoms with Crippen LogP contribution in [0.5, 0.6) is 0 Å². The standard InChI is InChI=1S/C11H10N2O2/c1-6-3-2-4-7-5-8(12)10(11(14)15)13-9(6)7/h2-5H,12H2,1H3,(H,14,15). The summed E-state index contributed by atoms with van der Waals surface area (Å²) in [6, 6.07) is 7.27. The fraction of sp³-hybridized carbons (Fsp3) is 0.0909. The number of carbonyl (C=O) groups is 1. The lowest BCUT2D eigenvalue weighted by atomic mass is 10.1. The average Bonchev–Trinajstić information content (AvgIpc) is 2.16. The molecule has 2 rings (SSSR count). The highest BCUT2D eigenvalue weighted by molar-refractivity contribution is 5.96. The Kier molecular flexibility index (Phi) is 2.04. The zero-order valence-electron chi connectivity index (χ0n) is 8.19. The number of hydrogen-bond donors (Lipinski definition) is 2. The van der Waals surface area contributed by atoms with E-state index in [9.17, 15) is 4.79 Å². The van der Waals surface area contributed by atoms with E-state index in [1.165, 1.54) is 0 Å². The fourth-order valence-electron chi connectivity index (χ4n) is 1.53. The Balaban J connectivity index is 2.83. The number of carboxylic acid groups (broad SMARTS) is 1. The van der Waals surface area contributed by atoms with Crippen LogP contribution in [0.2, 0.25) is 0 Å². The Labute approximate surface area is 86.4 Å². The quantitative estimate of drug-likeness (QED) is 0.739. The number of nitrogen functional groups attached to an aromatic ring is 1. The molecule has 76 valence electrons. The van der Waals surface area contributed by atoms with Crippen LogP contribution in [0.15, 0.2) is 24.3 Å². The maximum atomic E-state index is 10.8. The number of hydrogen-bond acceptors (Lipinski definition) is 3. The van der Waals surface area contributed by atoms with Crippen molar-refractivity contribution in [2.24, 2.45) is 0 Å². The van der Waals surface area contributed by atoms with Crippen molar-refractivity contribution >= 4 is 22.6 Å². The van der Waals surface area contributed by atoms with Crippen molar-refractivity contribution in [2.45, 2.75) is 6.92 Å². The van der Waals surface area contributed by atoms with Gasteiger partial charge < -0.3 is 10.8 Å². The largest absolute Gasteiger partial charge is 0.476 e. The van der Waals surface area contributed by atoms with E-state index in [2.05, 4.69) is 4.98 Å². The number of fused-ring (bicyclic) bond motifs is 1. The van der Waals surface area contributed by atoms with Gasteiger partial charge in [0, 0.05) is 5.39 Å². The molecule has 2 aromatic rings. The monoisotopic (exact) mass is 202 g/mol. The van der Waals surface area contributed by atoms with E-state index in [1.807, 2.05) is 25.1 Å². The molecule has 0 aliphatic carbocycles. The summed E-state index contributed by atoms with van der Waals surface area (Å²) >= 11 is 0. The van der Waals surface area contributed by atoms with Gasteiger partial charge in [-0.05, 0) is 18.6 Å². The molecule has 0 saturated carbocycles. The van der Waals surface area contributed by atoms with E-state index in [0.29, 0.717) is 5.52 Å². The van der Waals surface area contributed by atoms with Gasteiger partial charge in [0.05, 0.1) is 11.2 Å². The Bertz CT molecular complexity index is 550. The molecule has 4 nitrogen and oxygen atoms in total. The van der Waals surface area contributed by atoms with Crippen LogP contribution in [-0.2, 0) is 0 Å². The molecule has 15 heavy (non-hydrogen) atoms. The number of benzene rings is 1. The first-order valence-corrected chi connectivity index (χ1v) is 4.48. The van der Waals surface area contributed by atoms with E-state index < -0.39 is 5.97 Å². The van der Waals surface area contributed by atoms with Gasteiger partial charge in [-0.15, -0.1) is 0 Å². The minimum absolute atomic E-state index is 0.0863. The fourth-order valence-corrected chi connectivity index (χ4v) is 1.53. The van der Waals surface area contributed by atoms with Crippen LogP contribution < -0.4 is 5.73 Å². The Morgan fingerprint density at radius 1 is 1.47 bits per heavy atom. The molecule has 4 heteroatoms. The van der Waals surface area contributed by atoms with Gasteiger partial charge >= 0.3 is 5.97 Å². The second kappa shape index (κ2) is 3.24. The third kappa shape index (κ3) is 1.50. The van der Waals surface area contributed by atoms with Crippen LogP contribution in [0.4, 0.5) is 5.69 Å². The summed E-state index contributed by atoms with van der Waals surface area (Å²) in [4.78, 5) is 14.9. The summed E-state index contributed by atoms with van der Waals surface area (Å²) < 4.78 is 0. The molecule has 0 amide bonds. The lowest BCUT2D eigenvalue weighted by Crippen LogP contribution is -2.06. The molecule has 1 aromatic carbocycles. The number of anilines is 1. The maximum absolute atomic E-state index is 10.8. The van der Waals surface area contributed by atoms with E-state index in [-0.39, 0.29) is 11.4 Å². The van der Waals surface area contributed by atoms with Crippen LogP contribution >= 0.6 is 0 Å². The third-order valence-electron chi connectivity index (χ3n) is 2.28. The number of carboxylic acids is 1. The molecule has 0 fully saturated rings. The van der Waals surface area contributed by atoms with Gasteiger partial charge in [0.25, 0.3) is 0 Å². The molecule has 0 unspecified atom stereocenters. The second-order valence-corrected chi connectivity index (χ2v) is 3.38. The zero-order valence-corrected chi connectivity index (χ0v) is 8.19. The highest BCUT2D eigenvalue weighted by Gasteiger charge is 2.11. The molecule has 1 aromatic heterocycles. The van der Waals surface area contributed by atoms with Crippen molar-refractivity contribution in [1.29, 1.82) is 0 Å². The molecule has 3 N–H and O–H groups in total. The molecular formula is C11H10N2O2. The number of para-hydroxylation sites is 1. The molecule has 0 atom stereocenters. The van der Waals surface area contributed by atoms with Crippen molar-refractivity contribution in [1.82, 2.24) is 4.98 Å². The maximum Gasteiger partial charge on any atom is 0.356 e. The SMILES string of the molecule is Cc1cccc2cc(N)c(C(=O)O)nc12. The molecule has 0 aliphatic heterocycles. The van der Waals surface area contributed by atoms with Crippen LogP contribution in [0.25, 0.3) is 10.9 Å². The van der Waals surface area contributed by atoms with E-state index in [0.717, 1.165) is 10.9 Å². The molecule has 0 radical (unpaired) electrons. The predicted octanol–water partition coefficient (Wildman–Crippen LogP) is 1.82. The first-order chi connectivity index (χ1) is 7.09. The van der Waals surface area contributed by atoms with E-state index >= 15 is 0 Å². The number of rotatable bonds is 1. The number of aromatic carboxylic acids is 1. The lowest BCUT2D eigenvalue weighted by molar-refractivity contribution is 0.0692. The summed E-state index contributed by atoms with van der Waals surface area (Å²) in [6.45, 7) is 1.89. The summed E-state index contributed by atoms with van der Waals surface area (Å²) in [5, 5.41) is 9.73. The zero-order chi connectivity index (χ0) is 11.0. The van der Waals surface area contributed by atoms with E-state index in [1.54, 1.807) is 6.07 Å². The molecule has 0 aliphatic rings. The van der Waals surface area contributed by atoms with E-state index in [4.69, 9.17) is 10.8 Å². The van der Waals surface area contributed by atoms with Gasteiger partial charge in [-0.1, -0.05) is 18.2 Å². The van der Waals surface area contributed by atoms with Crippen molar-refractivity contribution in [3.05, 3.63) is 35.5 Å². The van der Waals surface area contributed by atoms with Crippen molar-refractivity contribution in [3.63, 3.8) is 0 Å². The summed E-state index contributed by atoms with van der Waals surface area (Å²) in [5.74, 6) is -1.10. The smallest absolute Gasteiger partial charge is 0.356 e. The molecule has 0 saturated heterocycles. The summed E-state index contributed by atoms with van der Waals surface area (Å²) in [5.41, 5.74) is 7.33. The number of nitrogens with zero attached hydrogens (tertiary/aromatic N) is 1. The van der Waals surface area contributed by atoms with Crippen LogP contribution in [0.1, 0.15) is 16.1 Å². The predicted molar refractivity (Wildman–Crippen MR) is 57.9 cm³/mol. The molecule has 1 heterocycles. The van der Waals surface area contributed by atoms with Crippen LogP contribution in [-0.4, -0.2) is 16.1 Å². The van der Waals surface area contributed by atoms with Crippen molar-refractivity contribution in [3.8, 4) is 0 Å². The van der Waals surface area contributed by atoms with Gasteiger partial charge in [0.15, 0.2) is 5.69 Å². The average molecular weight is 202 g/mol. The first kappa shape index (κ1) is 9.45. The number of pyridine rings is 1. The number of aromatic nitrogens is 1. The Morgan fingerprint density at radius 2 is 2.20 bits per heavy atom. The third-order valence-corrected chi connectivity index (χ3v) is 2.28. The van der Waals surface area contributed by atoms with Gasteiger partial charge in [0.1, 0.15) is 0 Å². The normalized spacial score (nSPS) is 10.5. The first-order valence-electron chi connectivity index (χ1n) is 4.48.